The van der Waals surface area contributed by atoms with Crippen molar-refractivity contribution in [2.75, 3.05) is 11.9 Å². The minimum absolute atomic E-state index is 0. The fourth-order valence-corrected chi connectivity index (χ4v) is 4.29. The maximum absolute atomic E-state index is 12.9. The first-order valence-electron chi connectivity index (χ1n) is 10.1. The highest BCUT2D eigenvalue weighted by Crippen LogP contribution is 2.50. The Morgan fingerprint density at radius 2 is 1.93 bits per heavy atom. The predicted molar refractivity (Wildman–Crippen MR) is 122 cm³/mol. The maximum Gasteiger partial charge on any atom is 0.245 e. The number of hydrogen-bond acceptors (Lipinski definition) is 5. The fourth-order valence-electron chi connectivity index (χ4n) is 4.29. The zero-order chi connectivity index (χ0) is 19.9. The monoisotopic (exact) mass is 455 g/mol. The first-order chi connectivity index (χ1) is 13.4. The number of nitrogens with one attached hydrogen (secondary N) is 1. The van der Waals surface area contributed by atoms with Crippen molar-refractivity contribution in [2.24, 2.45) is 11.1 Å². The molecule has 2 aliphatic rings. The Balaban J connectivity index is 0.00000160. The topological polar surface area (TPSA) is 95.1 Å². The van der Waals surface area contributed by atoms with Gasteiger partial charge in [0.15, 0.2) is 5.82 Å². The highest BCUT2D eigenvalue weighted by atomic mass is 35.5. The summed E-state index contributed by atoms with van der Waals surface area (Å²) in [6, 6.07) is 7.73. The van der Waals surface area contributed by atoms with Crippen LogP contribution in [0.3, 0.4) is 0 Å². The smallest absolute Gasteiger partial charge is 0.245 e. The second-order valence-corrected chi connectivity index (χ2v) is 8.42. The molecule has 1 aliphatic carbocycles. The average molecular weight is 456 g/mol. The van der Waals surface area contributed by atoms with Gasteiger partial charge in [0.05, 0.1) is 6.10 Å². The van der Waals surface area contributed by atoms with Crippen LogP contribution in [0.4, 0.5) is 5.69 Å². The number of nitrogens with zero attached hydrogens (tertiary/aromatic N) is 3. The van der Waals surface area contributed by atoms with Crippen LogP contribution in [0.25, 0.3) is 11.4 Å². The normalized spacial score (nSPS) is 23.9. The minimum Gasteiger partial charge on any atom is -0.378 e. The summed E-state index contributed by atoms with van der Waals surface area (Å²) in [5.74, 6) is 1.78. The van der Waals surface area contributed by atoms with Gasteiger partial charge < -0.3 is 20.4 Å². The van der Waals surface area contributed by atoms with Crippen molar-refractivity contribution in [1.82, 2.24) is 14.8 Å². The van der Waals surface area contributed by atoms with E-state index in [-0.39, 0.29) is 36.8 Å². The van der Waals surface area contributed by atoms with Crippen LogP contribution >= 0.6 is 24.8 Å². The number of hydrogen-bond donors (Lipinski definition) is 2. The number of ether oxygens (including phenoxy) is 1. The largest absolute Gasteiger partial charge is 0.378 e. The second-order valence-electron chi connectivity index (χ2n) is 8.42. The summed E-state index contributed by atoms with van der Waals surface area (Å²) in [5.41, 5.74) is 6.85. The van der Waals surface area contributed by atoms with E-state index in [4.69, 9.17) is 10.5 Å². The standard InChI is InChI=1S/C21H29N5O2.2ClH/c1-4-28-16-13-21(22,20(16,2)3)19(27)23-15-10-8-14(9-11-15)18-25-24-17-7-5-6-12-26(17)18;;/h8-11,16H,4-7,12-13,22H2,1-3H3,(H,23,27);2*1H. The molecule has 0 bridgehead atoms. The van der Waals surface area contributed by atoms with Gasteiger partial charge >= 0.3 is 0 Å². The van der Waals surface area contributed by atoms with Gasteiger partial charge in [-0.05, 0) is 44.0 Å². The molecule has 166 valence electrons. The molecule has 2 heterocycles. The summed E-state index contributed by atoms with van der Waals surface area (Å²) in [4.78, 5) is 12.9. The summed E-state index contributed by atoms with van der Waals surface area (Å²) < 4.78 is 7.91. The van der Waals surface area contributed by atoms with E-state index in [9.17, 15) is 4.79 Å². The number of benzene rings is 1. The predicted octanol–water partition coefficient (Wildman–Crippen LogP) is 3.60. The highest BCUT2D eigenvalue weighted by Gasteiger charge is 2.62. The van der Waals surface area contributed by atoms with E-state index >= 15 is 0 Å². The summed E-state index contributed by atoms with van der Waals surface area (Å²) in [6.45, 7) is 7.53. The zero-order valence-corrected chi connectivity index (χ0v) is 19.3. The Morgan fingerprint density at radius 3 is 2.57 bits per heavy atom. The first kappa shape index (κ1) is 24.6. The van der Waals surface area contributed by atoms with Gasteiger partial charge in [-0.25, -0.2) is 0 Å². The number of rotatable bonds is 5. The molecular weight excluding hydrogens is 425 g/mol. The Kier molecular flexibility index (Phi) is 7.56. The van der Waals surface area contributed by atoms with Gasteiger partial charge in [-0.15, -0.1) is 35.0 Å². The van der Waals surface area contributed by atoms with Crippen LogP contribution in [0.15, 0.2) is 24.3 Å². The van der Waals surface area contributed by atoms with E-state index in [1.54, 1.807) is 0 Å². The van der Waals surface area contributed by atoms with Gasteiger partial charge in [0.1, 0.15) is 11.4 Å². The van der Waals surface area contributed by atoms with Crippen LogP contribution in [0.2, 0.25) is 0 Å². The molecule has 7 nitrogen and oxygen atoms in total. The summed E-state index contributed by atoms with van der Waals surface area (Å²) in [5, 5.41) is 11.6. The lowest BCUT2D eigenvalue weighted by Gasteiger charge is -2.57. The van der Waals surface area contributed by atoms with Gasteiger partial charge in [-0.1, -0.05) is 13.8 Å². The van der Waals surface area contributed by atoms with Crippen LogP contribution in [0.5, 0.6) is 0 Å². The average Bonchev–Trinajstić information content (AvgIpc) is 3.12. The van der Waals surface area contributed by atoms with Crippen molar-refractivity contribution in [3.05, 3.63) is 30.1 Å². The van der Waals surface area contributed by atoms with Crippen LogP contribution in [0, 0.1) is 5.41 Å². The number of nitrogens with two attached hydrogens (primary N) is 1. The van der Waals surface area contributed by atoms with Gasteiger partial charge in [0.25, 0.3) is 0 Å². The van der Waals surface area contributed by atoms with E-state index in [1.807, 2.05) is 45.0 Å². The van der Waals surface area contributed by atoms with E-state index in [1.165, 1.54) is 6.42 Å². The molecule has 0 saturated heterocycles. The van der Waals surface area contributed by atoms with E-state index in [0.29, 0.717) is 13.0 Å². The number of fused-ring (bicyclic) bond motifs is 1. The van der Waals surface area contributed by atoms with Crippen molar-refractivity contribution in [1.29, 1.82) is 0 Å². The zero-order valence-electron chi connectivity index (χ0n) is 17.7. The summed E-state index contributed by atoms with van der Waals surface area (Å²) >= 11 is 0. The molecule has 1 amide bonds. The molecule has 0 spiro atoms. The van der Waals surface area contributed by atoms with E-state index in [2.05, 4.69) is 20.1 Å². The first-order valence-corrected chi connectivity index (χ1v) is 10.1. The molecule has 9 heteroatoms. The second kappa shape index (κ2) is 9.22. The van der Waals surface area contributed by atoms with Gasteiger partial charge in [0.2, 0.25) is 5.91 Å². The number of aryl methyl sites for hydroxylation is 1. The Bertz CT molecular complexity index is 884. The molecule has 0 radical (unpaired) electrons. The Hall–Kier alpha value is -1.67. The molecule has 2 aromatic rings. The van der Waals surface area contributed by atoms with Gasteiger partial charge in [-0.3, -0.25) is 4.79 Å². The van der Waals surface area contributed by atoms with Crippen molar-refractivity contribution < 1.29 is 9.53 Å². The molecule has 1 fully saturated rings. The number of anilines is 1. The third kappa shape index (κ3) is 3.96. The molecule has 1 aromatic carbocycles. The van der Waals surface area contributed by atoms with Crippen molar-refractivity contribution in [3.63, 3.8) is 0 Å². The summed E-state index contributed by atoms with van der Waals surface area (Å²) in [7, 11) is 0. The fraction of sp³-hybridized carbons (Fsp3) is 0.571. The lowest BCUT2D eigenvalue weighted by molar-refractivity contribution is -0.166. The van der Waals surface area contributed by atoms with E-state index < -0.39 is 11.0 Å². The van der Waals surface area contributed by atoms with Gasteiger partial charge in [-0.2, -0.15) is 0 Å². The lowest BCUT2D eigenvalue weighted by atomic mass is 9.54. The van der Waals surface area contributed by atoms with Crippen molar-refractivity contribution >= 4 is 36.4 Å². The maximum atomic E-state index is 12.9. The Labute approximate surface area is 190 Å². The molecule has 4 rings (SSSR count). The van der Waals surface area contributed by atoms with E-state index in [0.717, 1.165) is 42.3 Å². The molecule has 2 atom stereocenters. The molecule has 3 N–H and O–H groups in total. The Morgan fingerprint density at radius 1 is 1.23 bits per heavy atom. The molecule has 2 unspecified atom stereocenters. The molecule has 30 heavy (non-hydrogen) atoms. The number of carbonyl (C=O) groups excluding carboxylic acids is 1. The third-order valence-electron chi connectivity index (χ3n) is 6.50. The quantitative estimate of drug-likeness (QED) is 0.717. The van der Waals surface area contributed by atoms with Crippen molar-refractivity contribution in [3.8, 4) is 11.4 Å². The number of carbonyl (C=O) groups is 1. The highest BCUT2D eigenvalue weighted by molar-refractivity contribution is 5.99. The van der Waals surface area contributed by atoms with Crippen LogP contribution in [-0.4, -0.2) is 38.9 Å². The molecular formula is C21H31Cl2N5O2. The minimum atomic E-state index is -0.933. The number of aromatic nitrogens is 3. The van der Waals surface area contributed by atoms with Crippen LogP contribution < -0.4 is 11.1 Å². The number of halogens is 2. The lowest BCUT2D eigenvalue weighted by Crippen LogP contribution is -2.74. The molecule has 1 saturated carbocycles. The van der Waals surface area contributed by atoms with Crippen molar-refractivity contribution in [2.45, 2.75) is 64.6 Å². The SMILES string of the molecule is CCOC1CC(N)(C(=O)Nc2ccc(-c3nnc4n3CCCC4)cc2)C1(C)C.Cl.Cl. The molecule has 1 aromatic heterocycles. The van der Waals surface area contributed by atoms with Crippen LogP contribution in [0.1, 0.15) is 45.9 Å². The molecule has 1 aliphatic heterocycles. The number of amides is 1. The van der Waals surface area contributed by atoms with Crippen LogP contribution in [-0.2, 0) is 22.5 Å². The van der Waals surface area contributed by atoms with Gasteiger partial charge in [0, 0.05) is 42.7 Å². The summed E-state index contributed by atoms with van der Waals surface area (Å²) in [6.07, 6.45) is 3.85. The third-order valence-corrected chi connectivity index (χ3v) is 6.50.